The van der Waals surface area contributed by atoms with Crippen molar-refractivity contribution in [1.82, 2.24) is 20.0 Å². The van der Waals surface area contributed by atoms with Crippen LogP contribution in [-0.4, -0.2) is 57.1 Å². The minimum atomic E-state index is -0.669. The lowest BCUT2D eigenvalue weighted by molar-refractivity contribution is -0.134. The number of benzene rings is 2. The van der Waals surface area contributed by atoms with Gasteiger partial charge in [0.05, 0.1) is 17.9 Å². The van der Waals surface area contributed by atoms with Gasteiger partial charge >= 0.3 is 0 Å². The number of carbonyl (C=O) groups excluding carboxylic acids is 3. The van der Waals surface area contributed by atoms with E-state index in [-0.39, 0.29) is 18.2 Å². The summed E-state index contributed by atoms with van der Waals surface area (Å²) in [6, 6.07) is 9.66. The number of hydrogen-bond acceptors (Lipinski definition) is 5. The van der Waals surface area contributed by atoms with E-state index in [1.165, 1.54) is 57.2 Å². The van der Waals surface area contributed by atoms with Crippen molar-refractivity contribution in [3.63, 3.8) is 0 Å². The van der Waals surface area contributed by atoms with Crippen LogP contribution in [0.2, 0.25) is 0 Å². The summed E-state index contributed by atoms with van der Waals surface area (Å²) in [6.45, 7) is 4.90. The van der Waals surface area contributed by atoms with Crippen molar-refractivity contribution in [3.05, 3.63) is 59.4 Å². The minimum absolute atomic E-state index is 0.170. The highest BCUT2D eigenvalue weighted by atomic mass is 16.2. The lowest BCUT2D eigenvalue weighted by atomic mass is 9.69. The van der Waals surface area contributed by atoms with E-state index >= 15 is 0 Å². The van der Waals surface area contributed by atoms with E-state index in [1.54, 1.807) is 4.90 Å². The van der Waals surface area contributed by atoms with E-state index in [2.05, 4.69) is 40.2 Å². The molecule has 4 fully saturated rings. The molecular weight excluding hydrogens is 514 g/mol. The minimum Gasteiger partial charge on any atom is -0.297 e. The molecule has 212 valence electrons. The van der Waals surface area contributed by atoms with Crippen LogP contribution in [0.15, 0.2) is 42.7 Å². The third kappa shape index (κ3) is 4.05. The van der Waals surface area contributed by atoms with Crippen LogP contribution in [0.5, 0.6) is 0 Å². The second-order valence-corrected chi connectivity index (χ2v) is 13.6. The van der Waals surface area contributed by atoms with E-state index in [1.807, 2.05) is 24.4 Å². The van der Waals surface area contributed by atoms with Gasteiger partial charge in [0.25, 0.3) is 5.91 Å². The number of aromatic nitrogens is 2. The zero-order valence-corrected chi connectivity index (χ0v) is 23.7. The van der Waals surface area contributed by atoms with E-state index in [0.29, 0.717) is 29.0 Å². The van der Waals surface area contributed by atoms with E-state index < -0.39 is 11.9 Å². The number of nitrogens with zero attached hydrogens (tertiary/aromatic N) is 4. The highest BCUT2D eigenvalue weighted by Crippen LogP contribution is 2.53. The van der Waals surface area contributed by atoms with Gasteiger partial charge < -0.3 is 0 Å². The van der Waals surface area contributed by atoms with Crippen molar-refractivity contribution in [1.29, 1.82) is 0 Å². The monoisotopic (exact) mass is 551 g/mol. The molecule has 3 aromatic rings. The Bertz CT molecular complexity index is 1600. The lowest BCUT2D eigenvalue weighted by Gasteiger charge is -2.48. The highest BCUT2D eigenvalue weighted by molar-refractivity contribution is 6.27. The molecule has 1 aromatic heterocycles. The van der Waals surface area contributed by atoms with Crippen LogP contribution in [0.25, 0.3) is 10.8 Å². The topological polar surface area (TPSA) is 87.5 Å². The predicted molar refractivity (Wildman–Crippen MR) is 156 cm³/mol. The second-order valence-electron chi connectivity index (χ2n) is 13.6. The van der Waals surface area contributed by atoms with Crippen molar-refractivity contribution in [3.8, 4) is 0 Å². The predicted octanol–water partition coefficient (Wildman–Crippen LogP) is 4.75. The van der Waals surface area contributed by atoms with Gasteiger partial charge in [0.15, 0.2) is 0 Å². The third-order valence-electron chi connectivity index (χ3n) is 10.7. The van der Waals surface area contributed by atoms with Crippen LogP contribution in [0.3, 0.4) is 0 Å². The number of hydrogen-bond donors (Lipinski definition) is 1. The standard InChI is InChI=1S/C33H37N5O3/c1-32(11-3-12-32)20-36-15-10-23(17-33(36)13-14-33)37-19-21(18-34-37)16-22-6-7-26-29-24(22)4-2-5-25(29)31(41)38(26)27-8-9-28(39)35-30(27)40/h2,4-7,18-19,23,27H,3,8-17,20H2,1H3,(H,35,39,40)/t23-,27?/m0/s1. The fourth-order valence-corrected chi connectivity index (χ4v) is 8.10. The molecule has 41 heavy (non-hydrogen) atoms. The smallest absolute Gasteiger partial charge is 0.259 e. The van der Waals surface area contributed by atoms with Gasteiger partial charge in [-0.1, -0.05) is 31.5 Å². The zero-order valence-electron chi connectivity index (χ0n) is 23.7. The molecule has 8 nitrogen and oxygen atoms in total. The number of likely N-dealkylation sites (tertiary alicyclic amines) is 1. The Morgan fingerprint density at radius 2 is 1.90 bits per heavy atom. The molecule has 0 bridgehead atoms. The maximum Gasteiger partial charge on any atom is 0.259 e. The fraction of sp³-hybridized carbons (Fsp3) is 0.515. The maximum absolute atomic E-state index is 13.5. The van der Waals surface area contributed by atoms with Crippen LogP contribution in [-0.2, 0) is 16.0 Å². The van der Waals surface area contributed by atoms with Gasteiger partial charge in [-0.15, -0.1) is 0 Å². The molecular formula is C33H37N5O3. The van der Waals surface area contributed by atoms with E-state index in [9.17, 15) is 14.4 Å². The third-order valence-corrected chi connectivity index (χ3v) is 10.7. The van der Waals surface area contributed by atoms with Gasteiger partial charge in [0.2, 0.25) is 11.8 Å². The molecule has 1 unspecified atom stereocenters. The fourth-order valence-electron chi connectivity index (χ4n) is 8.10. The quantitative estimate of drug-likeness (QED) is 0.447. The van der Waals surface area contributed by atoms with E-state index in [4.69, 9.17) is 5.10 Å². The summed E-state index contributed by atoms with van der Waals surface area (Å²) in [6.07, 6.45) is 14.7. The van der Waals surface area contributed by atoms with Gasteiger partial charge in [-0.25, -0.2) is 0 Å². The van der Waals surface area contributed by atoms with E-state index in [0.717, 1.165) is 34.9 Å². The first-order valence-electron chi connectivity index (χ1n) is 15.3. The molecule has 8 heteroatoms. The summed E-state index contributed by atoms with van der Waals surface area (Å²) in [4.78, 5) is 42.2. The number of amides is 3. The number of rotatable bonds is 6. The van der Waals surface area contributed by atoms with Crippen molar-refractivity contribution in [2.75, 3.05) is 18.0 Å². The first-order valence-corrected chi connectivity index (χ1v) is 15.3. The normalized spacial score (nSPS) is 26.5. The molecule has 5 aliphatic rings. The average molecular weight is 552 g/mol. The van der Waals surface area contributed by atoms with Crippen LogP contribution in [0, 0.1) is 5.41 Å². The van der Waals surface area contributed by atoms with Crippen LogP contribution >= 0.6 is 0 Å². The Balaban J connectivity index is 1.02. The Morgan fingerprint density at radius 3 is 2.66 bits per heavy atom. The molecule has 2 aromatic carbocycles. The van der Waals surface area contributed by atoms with Crippen molar-refractivity contribution >= 4 is 34.2 Å². The summed E-state index contributed by atoms with van der Waals surface area (Å²) < 4.78 is 2.21. The maximum atomic E-state index is 13.5. The molecule has 2 atom stereocenters. The van der Waals surface area contributed by atoms with Gasteiger partial charge in [-0.05, 0) is 79.0 Å². The van der Waals surface area contributed by atoms with Crippen LogP contribution in [0.1, 0.15) is 92.2 Å². The molecule has 4 heterocycles. The van der Waals surface area contributed by atoms with Crippen molar-refractivity contribution < 1.29 is 14.4 Å². The Kier molecular flexibility index (Phi) is 5.53. The molecule has 3 amide bonds. The van der Waals surface area contributed by atoms with Gasteiger partial charge in [0, 0.05) is 48.6 Å². The van der Waals surface area contributed by atoms with Gasteiger partial charge in [-0.3, -0.25) is 34.2 Å². The summed E-state index contributed by atoms with van der Waals surface area (Å²) in [5, 5.41) is 9.18. The first kappa shape index (κ1) is 25.2. The molecule has 1 N–H and O–H groups in total. The molecule has 2 saturated carbocycles. The second kappa shape index (κ2) is 8.99. The first-order chi connectivity index (χ1) is 19.8. The number of anilines is 1. The molecule has 3 aliphatic heterocycles. The summed E-state index contributed by atoms with van der Waals surface area (Å²) in [7, 11) is 0. The number of piperidine rings is 2. The largest absolute Gasteiger partial charge is 0.297 e. The molecule has 8 rings (SSSR count). The van der Waals surface area contributed by atoms with Crippen LogP contribution in [0.4, 0.5) is 5.69 Å². The Labute approximate surface area is 240 Å². The van der Waals surface area contributed by atoms with Crippen molar-refractivity contribution in [2.45, 2.75) is 88.8 Å². The summed E-state index contributed by atoms with van der Waals surface area (Å²) in [5.41, 5.74) is 4.62. The number of imide groups is 1. The Morgan fingerprint density at radius 1 is 1.05 bits per heavy atom. The van der Waals surface area contributed by atoms with Gasteiger partial charge in [0.1, 0.15) is 6.04 Å². The molecule has 2 saturated heterocycles. The average Bonchev–Trinajstić information content (AvgIpc) is 3.44. The molecule has 1 spiro atoms. The summed E-state index contributed by atoms with van der Waals surface area (Å²) in [5.74, 6) is -0.850. The number of carbonyl (C=O) groups is 3. The number of nitrogens with one attached hydrogen (secondary N) is 1. The zero-order chi connectivity index (χ0) is 27.9. The summed E-state index contributed by atoms with van der Waals surface area (Å²) >= 11 is 0. The van der Waals surface area contributed by atoms with Crippen LogP contribution < -0.4 is 10.2 Å². The Hall–Kier alpha value is -3.52. The SMILES string of the molecule is CC1(CN2CC[C@H](n3cc(Cc4ccc5c6c(cccc46)C(=O)N5C4CCC(=O)NC4=O)cn3)CC23CC3)CCC1. The molecule has 0 radical (unpaired) electrons. The van der Waals surface area contributed by atoms with Crippen molar-refractivity contribution in [2.24, 2.45) is 5.41 Å². The highest BCUT2D eigenvalue weighted by Gasteiger charge is 2.53. The molecule has 2 aliphatic carbocycles. The van der Waals surface area contributed by atoms with Gasteiger partial charge in [-0.2, -0.15) is 5.10 Å². The lowest BCUT2D eigenvalue weighted by Crippen LogP contribution is -2.53.